The Kier molecular flexibility index (Phi) is 6.27. The molecule has 3 amide bonds. The number of methoxy groups -OCH3 is 1. The lowest BCUT2D eigenvalue weighted by atomic mass is 10.1. The van der Waals surface area contributed by atoms with Gasteiger partial charge in [-0.1, -0.05) is 23.5 Å². The number of aromatic nitrogens is 2. The standard InChI is InChI=1S/C14H17N5O3S2/c1-19(18-12(21)15-13-16-17-14(23)24-13)11(20)8-5-9-3-6-10(22-2)7-4-9/h3-4,6-7H,5,8H2,1-2H3,(H,17,23)(H2,15,16,18,21). The van der Waals surface area contributed by atoms with Crippen molar-refractivity contribution in [1.29, 1.82) is 0 Å². The number of ether oxygens (including phenoxy) is 1. The number of aromatic amines is 1. The zero-order valence-electron chi connectivity index (χ0n) is 13.2. The van der Waals surface area contributed by atoms with Crippen LogP contribution < -0.4 is 15.5 Å². The van der Waals surface area contributed by atoms with Gasteiger partial charge in [-0.2, -0.15) is 0 Å². The number of H-pyrrole nitrogens is 1. The summed E-state index contributed by atoms with van der Waals surface area (Å²) in [6.07, 6.45) is 0.835. The van der Waals surface area contributed by atoms with Gasteiger partial charge in [0.25, 0.3) is 0 Å². The smallest absolute Gasteiger partial charge is 0.339 e. The topological polar surface area (TPSA) is 99.3 Å². The molecule has 128 valence electrons. The Hall–Kier alpha value is -2.46. The molecule has 0 saturated heterocycles. The van der Waals surface area contributed by atoms with Crippen molar-refractivity contribution in [3.63, 3.8) is 0 Å². The highest BCUT2D eigenvalue weighted by Gasteiger charge is 2.13. The Morgan fingerprint density at radius 3 is 2.67 bits per heavy atom. The van der Waals surface area contributed by atoms with Gasteiger partial charge in [0.1, 0.15) is 5.75 Å². The molecule has 1 aromatic heterocycles. The number of hydrogen-bond acceptors (Lipinski definition) is 6. The second-order valence-corrected chi connectivity index (χ2v) is 6.45. The molecule has 0 aliphatic carbocycles. The summed E-state index contributed by atoms with van der Waals surface area (Å²) in [5.41, 5.74) is 3.44. The quantitative estimate of drug-likeness (QED) is 0.556. The highest BCUT2D eigenvalue weighted by atomic mass is 32.1. The molecule has 0 spiro atoms. The predicted molar refractivity (Wildman–Crippen MR) is 93.5 cm³/mol. The SMILES string of the molecule is COc1ccc(CCC(=O)N(C)NC(=O)Nc2n[nH]c(=S)s2)cc1. The number of aryl methyl sites for hydroxylation is 1. The van der Waals surface area contributed by atoms with E-state index in [0.29, 0.717) is 15.5 Å². The van der Waals surface area contributed by atoms with Gasteiger partial charge in [-0.05, 0) is 36.3 Å². The minimum absolute atomic E-state index is 0.212. The second kappa shape index (κ2) is 8.41. The summed E-state index contributed by atoms with van der Waals surface area (Å²) < 4.78 is 5.54. The number of amides is 3. The van der Waals surface area contributed by atoms with E-state index >= 15 is 0 Å². The van der Waals surface area contributed by atoms with E-state index in [-0.39, 0.29) is 12.3 Å². The van der Waals surface area contributed by atoms with Gasteiger partial charge in [0, 0.05) is 13.5 Å². The Balaban J connectivity index is 1.78. The largest absolute Gasteiger partial charge is 0.497 e. The van der Waals surface area contributed by atoms with Crippen LogP contribution in [0.4, 0.5) is 9.93 Å². The third-order valence-electron chi connectivity index (χ3n) is 3.09. The highest BCUT2D eigenvalue weighted by molar-refractivity contribution is 7.73. The van der Waals surface area contributed by atoms with Crippen molar-refractivity contribution in [2.45, 2.75) is 12.8 Å². The molecule has 0 aliphatic heterocycles. The monoisotopic (exact) mass is 367 g/mol. The molecule has 1 aromatic carbocycles. The molecular formula is C14H17N5O3S2. The first kappa shape index (κ1) is 17.9. The number of hydrogen-bond donors (Lipinski definition) is 3. The van der Waals surface area contributed by atoms with Crippen molar-refractivity contribution >= 4 is 40.6 Å². The zero-order valence-corrected chi connectivity index (χ0v) is 14.8. The molecule has 0 aliphatic rings. The summed E-state index contributed by atoms with van der Waals surface area (Å²) in [7, 11) is 3.09. The van der Waals surface area contributed by atoms with Crippen molar-refractivity contribution in [3.05, 3.63) is 33.8 Å². The molecule has 1 heterocycles. The number of carbonyl (C=O) groups excluding carboxylic acids is 2. The molecule has 2 aromatic rings. The molecule has 10 heteroatoms. The first-order chi connectivity index (χ1) is 11.5. The van der Waals surface area contributed by atoms with E-state index in [9.17, 15) is 9.59 Å². The van der Waals surface area contributed by atoms with E-state index in [4.69, 9.17) is 17.0 Å². The van der Waals surface area contributed by atoms with Crippen molar-refractivity contribution < 1.29 is 14.3 Å². The molecule has 8 nitrogen and oxygen atoms in total. The summed E-state index contributed by atoms with van der Waals surface area (Å²) in [5.74, 6) is 0.554. The van der Waals surface area contributed by atoms with Crippen molar-refractivity contribution in [3.8, 4) is 5.75 Å². The first-order valence-electron chi connectivity index (χ1n) is 7.00. The molecule has 0 radical (unpaired) electrons. The molecular weight excluding hydrogens is 350 g/mol. The fourth-order valence-electron chi connectivity index (χ4n) is 1.83. The van der Waals surface area contributed by atoms with Gasteiger partial charge in [0.05, 0.1) is 7.11 Å². The normalized spacial score (nSPS) is 10.1. The third-order valence-corrected chi connectivity index (χ3v) is 4.09. The maximum absolute atomic E-state index is 12.1. The summed E-state index contributed by atoms with van der Waals surface area (Å²) in [5, 5.41) is 10.3. The number of hydrazine groups is 1. The average Bonchev–Trinajstić information content (AvgIpc) is 2.97. The summed E-state index contributed by atoms with van der Waals surface area (Å²) in [4.78, 5) is 23.8. The van der Waals surface area contributed by atoms with Gasteiger partial charge in [-0.3, -0.25) is 20.2 Å². The molecule has 0 unspecified atom stereocenters. The summed E-state index contributed by atoms with van der Waals surface area (Å²) in [6.45, 7) is 0. The van der Waals surface area contributed by atoms with Gasteiger partial charge < -0.3 is 4.74 Å². The summed E-state index contributed by atoms with van der Waals surface area (Å²) >= 11 is 5.99. The van der Waals surface area contributed by atoms with Crippen LogP contribution in [0.2, 0.25) is 0 Å². The molecule has 0 fully saturated rings. The number of anilines is 1. The molecule has 24 heavy (non-hydrogen) atoms. The van der Waals surface area contributed by atoms with Crippen LogP contribution in [-0.4, -0.2) is 41.3 Å². The van der Waals surface area contributed by atoms with Crippen LogP contribution in [0.25, 0.3) is 0 Å². The van der Waals surface area contributed by atoms with Crippen molar-refractivity contribution in [2.24, 2.45) is 0 Å². The van der Waals surface area contributed by atoms with Crippen LogP contribution in [0.3, 0.4) is 0 Å². The van der Waals surface area contributed by atoms with Crippen LogP contribution in [0.15, 0.2) is 24.3 Å². The molecule has 3 N–H and O–H groups in total. The van der Waals surface area contributed by atoms with E-state index in [2.05, 4.69) is 20.9 Å². The Morgan fingerprint density at radius 2 is 2.08 bits per heavy atom. The lowest BCUT2D eigenvalue weighted by Crippen LogP contribution is -2.45. The van der Waals surface area contributed by atoms with E-state index in [1.54, 1.807) is 7.11 Å². The van der Waals surface area contributed by atoms with Gasteiger partial charge in [-0.25, -0.2) is 10.2 Å². The van der Waals surface area contributed by atoms with E-state index in [1.807, 2.05) is 24.3 Å². The van der Waals surface area contributed by atoms with Crippen LogP contribution in [0.1, 0.15) is 12.0 Å². The fraction of sp³-hybridized carbons (Fsp3) is 0.286. The van der Waals surface area contributed by atoms with Crippen LogP contribution in [-0.2, 0) is 11.2 Å². The molecule has 0 bridgehead atoms. The number of carbonyl (C=O) groups is 2. The van der Waals surface area contributed by atoms with Crippen LogP contribution in [0, 0.1) is 3.95 Å². The maximum atomic E-state index is 12.1. The number of nitrogens with one attached hydrogen (secondary N) is 3. The van der Waals surface area contributed by atoms with E-state index in [1.165, 1.54) is 7.05 Å². The highest BCUT2D eigenvalue weighted by Crippen LogP contribution is 2.13. The predicted octanol–water partition coefficient (Wildman–Crippen LogP) is 2.34. The number of urea groups is 1. The molecule has 0 atom stereocenters. The van der Waals surface area contributed by atoms with E-state index < -0.39 is 6.03 Å². The summed E-state index contributed by atoms with van der Waals surface area (Å²) in [6, 6.07) is 6.92. The van der Waals surface area contributed by atoms with Crippen molar-refractivity contribution in [2.75, 3.05) is 19.5 Å². The van der Waals surface area contributed by atoms with Gasteiger partial charge in [0.2, 0.25) is 11.0 Å². The Labute approximate surface area is 147 Å². The Bertz CT molecular complexity index is 756. The van der Waals surface area contributed by atoms with Gasteiger partial charge in [0.15, 0.2) is 3.95 Å². The third kappa shape index (κ3) is 5.32. The molecule has 2 rings (SSSR count). The Morgan fingerprint density at radius 1 is 1.38 bits per heavy atom. The minimum Gasteiger partial charge on any atom is -0.497 e. The second-order valence-electron chi connectivity index (χ2n) is 4.79. The first-order valence-corrected chi connectivity index (χ1v) is 8.23. The zero-order chi connectivity index (χ0) is 17.5. The molecule has 0 saturated carbocycles. The lowest BCUT2D eigenvalue weighted by Gasteiger charge is -2.18. The number of nitrogens with zero attached hydrogens (tertiary/aromatic N) is 2. The van der Waals surface area contributed by atoms with Crippen LogP contribution >= 0.6 is 23.6 Å². The lowest BCUT2D eigenvalue weighted by molar-refractivity contribution is -0.131. The fourth-order valence-corrected chi connectivity index (χ4v) is 2.62. The number of rotatable bonds is 5. The van der Waals surface area contributed by atoms with Crippen LogP contribution in [0.5, 0.6) is 5.75 Å². The minimum atomic E-state index is -0.562. The average molecular weight is 367 g/mol. The maximum Gasteiger partial charge on any atom is 0.339 e. The van der Waals surface area contributed by atoms with Gasteiger partial charge in [-0.15, -0.1) is 5.10 Å². The van der Waals surface area contributed by atoms with Crippen molar-refractivity contribution in [1.82, 2.24) is 20.6 Å². The van der Waals surface area contributed by atoms with Gasteiger partial charge >= 0.3 is 6.03 Å². The number of benzene rings is 1. The van der Waals surface area contributed by atoms with E-state index in [0.717, 1.165) is 27.7 Å².